The van der Waals surface area contributed by atoms with Gasteiger partial charge in [-0.1, -0.05) is 39.8 Å². The number of nitrogens with zero attached hydrogens (tertiary/aromatic N) is 4. The minimum Gasteiger partial charge on any atom is -0.338 e. The van der Waals surface area contributed by atoms with Gasteiger partial charge < -0.3 is 10.2 Å². The average Bonchev–Trinajstić information content (AvgIpc) is 3.18. The van der Waals surface area contributed by atoms with Crippen molar-refractivity contribution in [3.8, 4) is 6.07 Å². The number of nitrogens with one attached hydrogen (secondary N) is 2. The van der Waals surface area contributed by atoms with Gasteiger partial charge in [-0.25, -0.2) is 4.79 Å². The van der Waals surface area contributed by atoms with E-state index in [1.807, 2.05) is 56.9 Å². The SMILES string of the molecule is CC.CC(C)CNC(=O)Nc1cc(C(=O)N2CCC(c3ccc(C#N)cc3)CC2)nn1C. The number of amides is 3. The highest BCUT2D eigenvalue weighted by Crippen LogP contribution is 2.29. The van der Waals surface area contributed by atoms with Crippen LogP contribution in [0.25, 0.3) is 0 Å². The molecule has 0 spiro atoms. The fourth-order valence-corrected chi connectivity index (χ4v) is 3.55. The van der Waals surface area contributed by atoms with E-state index in [4.69, 9.17) is 5.26 Å². The van der Waals surface area contributed by atoms with Crippen LogP contribution in [0.1, 0.15) is 68.1 Å². The van der Waals surface area contributed by atoms with Gasteiger partial charge in [-0.05, 0) is 42.4 Å². The number of rotatable bonds is 5. The first-order chi connectivity index (χ1) is 15.4. The summed E-state index contributed by atoms with van der Waals surface area (Å²) in [5.74, 6) is 1.09. The predicted molar refractivity (Wildman–Crippen MR) is 125 cm³/mol. The zero-order chi connectivity index (χ0) is 23.7. The van der Waals surface area contributed by atoms with Crippen molar-refractivity contribution in [1.29, 1.82) is 5.26 Å². The Balaban J connectivity index is 0.00000176. The van der Waals surface area contributed by atoms with Crippen LogP contribution >= 0.6 is 0 Å². The first-order valence-electron chi connectivity index (χ1n) is 11.3. The molecule has 1 aliphatic heterocycles. The van der Waals surface area contributed by atoms with Gasteiger partial charge in [0.25, 0.3) is 5.91 Å². The first-order valence-corrected chi connectivity index (χ1v) is 11.3. The van der Waals surface area contributed by atoms with Gasteiger partial charge in [-0.2, -0.15) is 10.4 Å². The monoisotopic (exact) mass is 438 g/mol. The summed E-state index contributed by atoms with van der Waals surface area (Å²) in [4.78, 5) is 26.7. The lowest BCUT2D eigenvalue weighted by Gasteiger charge is -2.31. The second kappa shape index (κ2) is 11.9. The molecule has 3 rings (SSSR count). The molecule has 1 fully saturated rings. The molecule has 0 unspecified atom stereocenters. The number of anilines is 1. The fourth-order valence-electron chi connectivity index (χ4n) is 3.55. The summed E-state index contributed by atoms with van der Waals surface area (Å²) < 4.78 is 1.51. The molecule has 1 saturated heterocycles. The molecule has 0 radical (unpaired) electrons. The van der Waals surface area contributed by atoms with Gasteiger partial charge in [-0.3, -0.25) is 14.8 Å². The molecule has 8 heteroatoms. The molecule has 0 bridgehead atoms. The highest BCUT2D eigenvalue weighted by molar-refractivity contribution is 5.95. The summed E-state index contributed by atoms with van der Waals surface area (Å²) >= 11 is 0. The molecule has 3 amide bonds. The minimum atomic E-state index is -0.311. The van der Waals surface area contributed by atoms with E-state index in [0.29, 0.717) is 48.5 Å². The lowest BCUT2D eigenvalue weighted by Crippen LogP contribution is -2.38. The van der Waals surface area contributed by atoms with Crippen molar-refractivity contribution in [3.63, 3.8) is 0 Å². The topological polar surface area (TPSA) is 103 Å². The summed E-state index contributed by atoms with van der Waals surface area (Å²) in [6.45, 7) is 9.91. The van der Waals surface area contributed by atoms with E-state index in [1.54, 1.807) is 13.1 Å². The molecule has 0 aliphatic carbocycles. The van der Waals surface area contributed by atoms with Crippen LogP contribution < -0.4 is 10.6 Å². The molecular weight excluding hydrogens is 404 g/mol. The highest BCUT2D eigenvalue weighted by atomic mass is 16.2. The van der Waals surface area contributed by atoms with Crippen molar-refractivity contribution in [3.05, 3.63) is 47.2 Å². The molecule has 1 aromatic heterocycles. The number of aryl methyl sites for hydroxylation is 1. The molecule has 8 nitrogen and oxygen atoms in total. The van der Waals surface area contributed by atoms with E-state index < -0.39 is 0 Å². The number of carbonyl (C=O) groups excluding carboxylic acids is 2. The molecule has 0 atom stereocenters. The standard InChI is InChI=1S/C22H28N6O2.C2H6/c1-15(2)14-24-22(30)25-20-12-19(26-27(20)3)21(29)28-10-8-18(9-11-28)17-6-4-16(13-23)5-7-17;1-2/h4-7,12,15,18H,8-11,14H2,1-3H3,(H2,24,25,30);1-2H3. The van der Waals surface area contributed by atoms with Crippen molar-refractivity contribution < 1.29 is 9.59 Å². The van der Waals surface area contributed by atoms with Crippen LogP contribution in [0.3, 0.4) is 0 Å². The maximum absolute atomic E-state index is 12.9. The predicted octanol–water partition coefficient (Wildman–Crippen LogP) is 4.12. The second-order valence-electron chi connectivity index (χ2n) is 8.07. The van der Waals surface area contributed by atoms with Gasteiger partial charge in [0.2, 0.25) is 0 Å². The van der Waals surface area contributed by atoms with E-state index in [1.165, 1.54) is 10.2 Å². The molecule has 32 heavy (non-hydrogen) atoms. The molecular formula is C24H34N6O2. The van der Waals surface area contributed by atoms with Gasteiger partial charge in [0, 0.05) is 32.7 Å². The number of benzene rings is 1. The third-order valence-electron chi connectivity index (χ3n) is 5.30. The fraction of sp³-hybridized carbons (Fsp3) is 0.500. The summed E-state index contributed by atoms with van der Waals surface area (Å²) in [5, 5.41) is 18.7. The number of hydrogen-bond acceptors (Lipinski definition) is 4. The Morgan fingerprint density at radius 3 is 2.38 bits per heavy atom. The van der Waals surface area contributed by atoms with Crippen LogP contribution in [0.5, 0.6) is 0 Å². The number of likely N-dealkylation sites (tertiary alicyclic amines) is 1. The minimum absolute atomic E-state index is 0.125. The van der Waals surface area contributed by atoms with Crippen molar-refractivity contribution in [2.24, 2.45) is 13.0 Å². The Morgan fingerprint density at radius 1 is 1.19 bits per heavy atom. The van der Waals surface area contributed by atoms with E-state index in [-0.39, 0.29) is 11.9 Å². The molecule has 0 saturated carbocycles. The summed E-state index contributed by atoms with van der Waals surface area (Å²) in [7, 11) is 1.70. The normalized spacial score (nSPS) is 13.7. The van der Waals surface area contributed by atoms with Crippen molar-refractivity contribution in [1.82, 2.24) is 20.0 Å². The van der Waals surface area contributed by atoms with Crippen LogP contribution in [-0.2, 0) is 7.05 Å². The summed E-state index contributed by atoms with van der Waals surface area (Å²) in [6.07, 6.45) is 1.74. The smallest absolute Gasteiger partial charge is 0.320 e. The van der Waals surface area contributed by atoms with E-state index >= 15 is 0 Å². The van der Waals surface area contributed by atoms with Gasteiger partial charge in [0.05, 0.1) is 11.6 Å². The molecule has 2 N–H and O–H groups in total. The average molecular weight is 439 g/mol. The van der Waals surface area contributed by atoms with E-state index in [0.717, 1.165) is 12.8 Å². The zero-order valence-electron chi connectivity index (χ0n) is 19.7. The quantitative estimate of drug-likeness (QED) is 0.733. The maximum Gasteiger partial charge on any atom is 0.320 e. The third kappa shape index (κ3) is 6.58. The van der Waals surface area contributed by atoms with Gasteiger partial charge >= 0.3 is 6.03 Å². The molecule has 1 aromatic carbocycles. The molecule has 2 heterocycles. The molecule has 2 aromatic rings. The first kappa shape index (κ1) is 24.9. The number of hydrogen-bond donors (Lipinski definition) is 2. The van der Waals surface area contributed by atoms with E-state index in [2.05, 4.69) is 21.8 Å². The van der Waals surface area contributed by atoms with Crippen LogP contribution in [0.4, 0.5) is 10.6 Å². The maximum atomic E-state index is 12.9. The van der Waals surface area contributed by atoms with Gasteiger partial charge in [0.1, 0.15) is 5.82 Å². The number of carbonyl (C=O) groups is 2. The Hall–Kier alpha value is -3.34. The lowest BCUT2D eigenvalue weighted by atomic mass is 9.89. The van der Waals surface area contributed by atoms with Crippen LogP contribution in [0.15, 0.2) is 30.3 Å². The summed E-state index contributed by atoms with van der Waals surface area (Å²) in [6, 6.07) is 11.1. The largest absolute Gasteiger partial charge is 0.338 e. The van der Waals surface area contributed by atoms with Crippen LogP contribution in [0.2, 0.25) is 0 Å². The van der Waals surface area contributed by atoms with Crippen molar-refractivity contribution >= 4 is 17.8 Å². The number of nitriles is 1. The zero-order valence-corrected chi connectivity index (χ0v) is 19.7. The van der Waals surface area contributed by atoms with Crippen molar-refractivity contribution in [2.75, 3.05) is 25.0 Å². The Morgan fingerprint density at radius 2 is 1.81 bits per heavy atom. The molecule has 172 valence electrons. The molecule has 1 aliphatic rings. The van der Waals surface area contributed by atoms with Gasteiger partial charge in [0.15, 0.2) is 5.69 Å². The highest BCUT2D eigenvalue weighted by Gasteiger charge is 2.26. The van der Waals surface area contributed by atoms with Crippen LogP contribution in [0, 0.1) is 17.2 Å². The number of urea groups is 1. The number of aromatic nitrogens is 2. The van der Waals surface area contributed by atoms with Crippen LogP contribution in [-0.4, -0.2) is 46.3 Å². The Labute approximate surface area is 190 Å². The van der Waals surface area contributed by atoms with Crippen molar-refractivity contribution in [2.45, 2.75) is 46.5 Å². The lowest BCUT2D eigenvalue weighted by molar-refractivity contribution is 0.0706. The number of piperidine rings is 1. The van der Waals surface area contributed by atoms with Gasteiger partial charge in [-0.15, -0.1) is 0 Å². The van der Waals surface area contributed by atoms with E-state index in [9.17, 15) is 9.59 Å². The second-order valence-corrected chi connectivity index (χ2v) is 8.07. The summed E-state index contributed by atoms with van der Waals surface area (Å²) in [5.41, 5.74) is 2.19. The Kier molecular flexibility index (Phi) is 9.26. The third-order valence-corrected chi connectivity index (χ3v) is 5.30. The Bertz CT molecular complexity index is 934.